The summed E-state index contributed by atoms with van der Waals surface area (Å²) in [6.45, 7) is 11.2. The maximum absolute atomic E-state index is 6.63. The molecule has 4 aliphatic heterocycles. The molecule has 1 spiro atoms. The fourth-order valence-corrected chi connectivity index (χ4v) is 12.1. The van der Waals surface area contributed by atoms with E-state index in [0.717, 1.165) is 44.6 Å². The number of nitrogens with zero attached hydrogens (tertiary/aromatic N) is 2. The lowest BCUT2D eigenvalue weighted by molar-refractivity contribution is -0.746. The van der Waals surface area contributed by atoms with E-state index in [4.69, 9.17) is 9.47 Å². The average Bonchev–Trinajstić information content (AvgIpc) is 3.88. The maximum Gasteiger partial charge on any atom is 0.221 e. The fraction of sp³-hybridized carbons (Fsp3) is 0.458. The molecule has 6 heterocycles. The highest BCUT2D eigenvalue weighted by atomic mass is 16.5. The van der Waals surface area contributed by atoms with Crippen LogP contribution in [0.5, 0.6) is 11.5 Å². The molecule has 1 saturated carbocycles. The van der Waals surface area contributed by atoms with Crippen LogP contribution in [0.3, 0.4) is 0 Å². The predicted octanol–water partition coefficient (Wildman–Crippen LogP) is 10.3. The molecule has 0 bridgehead atoms. The van der Waals surface area contributed by atoms with Crippen LogP contribution in [-0.2, 0) is 34.7 Å². The van der Waals surface area contributed by atoms with E-state index in [1.807, 2.05) is 0 Å². The molecule has 11 rings (SSSR count). The van der Waals surface area contributed by atoms with E-state index in [1.165, 1.54) is 117 Å². The number of hydrogen-bond acceptors (Lipinski definition) is 2. The third-order valence-corrected chi connectivity index (χ3v) is 15.0. The lowest BCUT2D eigenvalue weighted by Gasteiger charge is -2.35. The molecule has 1 aliphatic carbocycles. The highest BCUT2D eigenvalue weighted by Gasteiger charge is 2.49. The summed E-state index contributed by atoms with van der Waals surface area (Å²) in [4.78, 5) is 0. The Hall–Kier alpha value is -4.18. The molecule has 2 aromatic heterocycles. The Bertz CT molecular complexity index is 2510. The van der Waals surface area contributed by atoms with Crippen LogP contribution in [0, 0.1) is 0 Å². The number of hydrogen-bond donors (Lipinski definition) is 0. The Morgan fingerprint density at radius 2 is 1.15 bits per heavy atom. The lowest BCUT2D eigenvalue weighted by atomic mass is 9.73. The summed E-state index contributed by atoms with van der Waals surface area (Å²) in [5.41, 5.74) is 9.22. The molecule has 2 unspecified atom stereocenters. The molecule has 264 valence electrons. The SMILES string of the molecule is CCC1(CCCCC2(CC)Cc3cc4c(c5ccc6ccc[n+]2c6c35)OCC42CCCC2)Cc2cc3c(c4ccc5ccc[n+]1c5c24)OCC3(C)C. The van der Waals surface area contributed by atoms with E-state index in [-0.39, 0.29) is 21.9 Å². The molecule has 0 saturated heterocycles. The van der Waals surface area contributed by atoms with E-state index >= 15 is 0 Å². The van der Waals surface area contributed by atoms with Gasteiger partial charge in [-0.1, -0.05) is 52.7 Å². The van der Waals surface area contributed by atoms with Crippen LogP contribution in [-0.4, -0.2) is 13.2 Å². The molecule has 52 heavy (non-hydrogen) atoms. The summed E-state index contributed by atoms with van der Waals surface area (Å²) in [7, 11) is 0. The van der Waals surface area contributed by atoms with E-state index in [2.05, 4.69) is 110 Å². The van der Waals surface area contributed by atoms with Gasteiger partial charge in [0.25, 0.3) is 0 Å². The van der Waals surface area contributed by atoms with E-state index in [1.54, 1.807) is 5.56 Å². The highest BCUT2D eigenvalue weighted by molar-refractivity contribution is 6.10. The smallest absolute Gasteiger partial charge is 0.221 e. The topological polar surface area (TPSA) is 26.2 Å². The van der Waals surface area contributed by atoms with E-state index in [0.29, 0.717) is 0 Å². The molecule has 6 aromatic rings. The summed E-state index contributed by atoms with van der Waals surface area (Å²) in [6, 6.07) is 23.7. The Labute approximate surface area is 307 Å². The molecule has 0 N–H and O–H groups in total. The van der Waals surface area contributed by atoms with Gasteiger partial charge in [0, 0.05) is 94.2 Å². The monoisotopic (exact) mass is 688 g/mol. The van der Waals surface area contributed by atoms with Crippen molar-refractivity contribution in [2.24, 2.45) is 0 Å². The third kappa shape index (κ3) is 3.99. The minimum absolute atomic E-state index is 0.0384. The Morgan fingerprint density at radius 3 is 1.71 bits per heavy atom. The van der Waals surface area contributed by atoms with Gasteiger partial charge in [-0.05, 0) is 73.2 Å². The van der Waals surface area contributed by atoms with Gasteiger partial charge in [-0.2, -0.15) is 9.13 Å². The second-order valence-electron chi connectivity index (χ2n) is 18.1. The Balaban J connectivity index is 0.953. The standard InChI is InChI=1S/C48H52N2O2/c1-5-47(27-33-25-37-43(51-29-45(37,3)4)35-17-15-31-13-11-23-49(47)41(31)39(33)35)21-9-10-22-48(6-2)28-34-26-38-44(52-30-46(38)19-7-8-20-46)36-18-16-32-14-12-24-50(48)42(32)40(34)36/h11-18,23-26H,5-10,19-22,27-30H2,1-4H3/q+2. The van der Waals surface area contributed by atoms with E-state index < -0.39 is 0 Å². The first-order valence-electron chi connectivity index (χ1n) is 20.4. The lowest BCUT2D eigenvalue weighted by Crippen LogP contribution is -2.60. The second-order valence-corrected chi connectivity index (χ2v) is 18.1. The number of rotatable bonds is 7. The van der Waals surface area contributed by atoms with Crippen molar-refractivity contribution in [2.45, 2.75) is 127 Å². The van der Waals surface area contributed by atoms with Crippen molar-refractivity contribution in [1.29, 1.82) is 0 Å². The second kappa shape index (κ2) is 10.7. The van der Waals surface area contributed by atoms with Gasteiger partial charge in [-0.3, -0.25) is 0 Å². The molecule has 4 aromatic carbocycles. The summed E-state index contributed by atoms with van der Waals surface area (Å²) in [5, 5.41) is 8.20. The predicted molar refractivity (Wildman–Crippen MR) is 210 cm³/mol. The molecule has 4 heteroatoms. The van der Waals surface area contributed by atoms with Gasteiger partial charge in [0.1, 0.15) is 11.5 Å². The molecule has 4 nitrogen and oxygen atoms in total. The molecule has 0 amide bonds. The number of benzene rings is 4. The minimum Gasteiger partial charge on any atom is -0.492 e. The van der Waals surface area contributed by atoms with Gasteiger partial charge in [0.15, 0.2) is 23.5 Å². The normalized spacial score (nSPS) is 24.4. The van der Waals surface area contributed by atoms with Crippen molar-refractivity contribution in [3.05, 3.63) is 95.3 Å². The Morgan fingerprint density at radius 1 is 0.635 bits per heavy atom. The summed E-state index contributed by atoms with van der Waals surface area (Å²) < 4.78 is 18.4. The molecule has 0 radical (unpaired) electrons. The zero-order chi connectivity index (χ0) is 35.0. The van der Waals surface area contributed by atoms with Crippen LogP contribution >= 0.6 is 0 Å². The van der Waals surface area contributed by atoms with Gasteiger partial charge in [-0.15, -0.1) is 0 Å². The van der Waals surface area contributed by atoms with Crippen LogP contribution in [0.4, 0.5) is 0 Å². The van der Waals surface area contributed by atoms with Crippen LogP contribution in [0.25, 0.3) is 43.4 Å². The van der Waals surface area contributed by atoms with Crippen LogP contribution in [0.1, 0.15) is 114 Å². The molecule has 5 aliphatic rings. The van der Waals surface area contributed by atoms with Crippen molar-refractivity contribution < 1.29 is 18.6 Å². The fourth-order valence-electron chi connectivity index (χ4n) is 12.1. The number of unbranched alkanes of at least 4 members (excludes halogenated alkanes) is 1. The van der Waals surface area contributed by atoms with Crippen LogP contribution in [0.2, 0.25) is 0 Å². The summed E-state index contributed by atoms with van der Waals surface area (Å²) in [5.74, 6) is 2.30. The van der Waals surface area contributed by atoms with Crippen LogP contribution < -0.4 is 18.6 Å². The van der Waals surface area contributed by atoms with Crippen molar-refractivity contribution in [3.8, 4) is 11.5 Å². The van der Waals surface area contributed by atoms with Gasteiger partial charge in [-0.25, -0.2) is 0 Å². The highest BCUT2D eigenvalue weighted by Crippen LogP contribution is 2.54. The van der Waals surface area contributed by atoms with Gasteiger partial charge in [0.2, 0.25) is 11.0 Å². The average molecular weight is 689 g/mol. The molecule has 1 fully saturated rings. The quantitative estimate of drug-likeness (QED) is 0.0948. The summed E-state index contributed by atoms with van der Waals surface area (Å²) >= 11 is 0. The van der Waals surface area contributed by atoms with Crippen LogP contribution in [0.15, 0.2) is 73.1 Å². The van der Waals surface area contributed by atoms with Crippen molar-refractivity contribution in [1.82, 2.24) is 0 Å². The first-order chi connectivity index (χ1) is 25.3. The van der Waals surface area contributed by atoms with Crippen molar-refractivity contribution >= 4 is 43.4 Å². The number of aromatic nitrogens is 2. The third-order valence-electron chi connectivity index (χ3n) is 15.0. The number of pyridine rings is 2. The molecule has 2 atom stereocenters. The van der Waals surface area contributed by atoms with E-state index in [9.17, 15) is 0 Å². The molecular weight excluding hydrogens is 637 g/mol. The first-order valence-corrected chi connectivity index (χ1v) is 20.4. The number of ether oxygens (including phenoxy) is 2. The maximum atomic E-state index is 6.63. The summed E-state index contributed by atoms with van der Waals surface area (Å²) in [6.07, 6.45) is 19.3. The Kier molecular flexibility index (Phi) is 6.46. The zero-order valence-corrected chi connectivity index (χ0v) is 31.5. The van der Waals surface area contributed by atoms with Crippen molar-refractivity contribution in [3.63, 3.8) is 0 Å². The molecular formula is C48H52N2O2+2. The largest absolute Gasteiger partial charge is 0.492 e. The zero-order valence-electron chi connectivity index (χ0n) is 31.5. The van der Waals surface area contributed by atoms with Gasteiger partial charge < -0.3 is 9.47 Å². The van der Waals surface area contributed by atoms with Crippen molar-refractivity contribution in [2.75, 3.05) is 13.2 Å². The minimum atomic E-state index is 0.0384. The van der Waals surface area contributed by atoms with Gasteiger partial charge in [0.05, 0.1) is 24.0 Å². The number of fused-ring (bicyclic) bond motifs is 5. The van der Waals surface area contributed by atoms with Gasteiger partial charge >= 0.3 is 0 Å². The first kappa shape index (κ1) is 31.4.